The zero-order valence-corrected chi connectivity index (χ0v) is 8.22. The fourth-order valence-corrected chi connectivity index (χ4v) is 0. The minimum absolute atomic E-state index is 0. The van der Waals surface area contributed by atoms with Gasteiger partial charge in [0.15, 0.2) is 0 Å². The van der Waals surface area contributed by atoms with Crippen molar-refractivity contribution in [2.24, 2.45) is 0 Å². The van der Waals surface area contributed by atoms with E-state index in [1.807, 2.05) is 0 Å². The summed E-state index contributed by atoms with van der Waals surface area (Å²) in [7, 11) is 0. The van der Waals surface area contributed by atoms with E-state index < -0.39 is 0 Å². The van der Waals surface area contributed by atoms with Crippen LogP contribution in [-0.4, -0.2) is 0 Å². The van der Waals surface area contributed by atoms with Crippen molar-refractivity contribution in [3.8, 4) is 0 Å². The number of hydrogen-bond donors (Lipinski definition) is 0. The first-order valence-electron chi connectivity index (χ1n) is 0.204. The quantitative estimate of drug-likeness (QED) is 0.565. The monoisotopic (exact) mass is 333 g/mol. The van der Waals surface area contributed by atoms with Gasteiger partial charge in [0.1, 0.15) is 0 Å². The van der Waals surface area contributed by atoms with Crippen LogP contribution in [0, 0.1) is 39.8 Å². The Labute approximate surface area is 89.7 Å². The molecule has 0 rings (SSSR count). The molecule has 0 aromatic carbocycles. The molecular weight excluding hydrogens is 334 g/mol. The summed E-state index contributed by atoms with van der Waals surface area (Å²) in [6, 6.07) is 0. The van der Waals surface area contributed by atoms with Gasteiger partial charge in [0, 0.05) is 50.9 Å². The van der Waals surface area contributed by atoms with E-state index >= 15 is 0 Å². The van der Waals surface area contributed by atoms with Gasteiger partial charge in [0.2, 0.25) is 0 Å². The summed E-state index contributed by atoms with van der Waals surface area (Å²) in [5.74, 6) is 0. The first-order chi connectivity index (χ1) is 1.00. The SMILES string of the molecule is [Co].[Cu].[Mn].[O]=[Ce]. The van der Waals surface area contributed by atoms with Crippen LogP contribution in [0.5, 0.6) is 0 Å². The molecule has 0 fully saturated rings. The molecule has 3 radical (unpaired) electrons. The Kier molecular flexibility index (Phi) is 150. The summed E-state index contributed by atoms with van der Waals surface area (Å²) in [5, 5.41) is 0. The van der Waals surface area contributed by atoms with E-state index in [-0.39, 0.29) is 90.7 Å². The van der Waals surface area contributed by atoms with Crippen molar-refractivity contribution in [3.63, 3.8) is 0 Å². The van der Waals surface area contributed by atoms with Gasteiger partial charge in [-0.1, -0.05) is 0 Å². The molecule has 5 heteroatoms. The van der Waals surface area contributed by atoms with Crippen LogP contribution in [0.2, 0.25) is 0 Å². The zero-order chi connectivity index (χ0) is 2.00. The Morgan fingerprint density at radius 1 is 1.20 bits per heavy atom. The van der Waals surface area contributed by atoms with Crippen LogP contribution in [0.25, 0.3) is 0 Å². The van der Waals surface area contributed by atoms with E-state index in [0.29, 0.717) is 0 Å². The normalized spacial score (nSPS) is 0.600. The summed E-state index contributed by atoms with van der Waals surface area (Å²) >= 11 is 0.0556. The maximum atomic E-state index is 8.39. The average molecular weight is 334 g/mol. The summed E-state index contributed by atoms with van der Waals surface area (Å²) in [5.41, 5.74) is 0. The van der Waals surface area contributed by atoms with Crippen molar-refractivity contribution in [1.82, 2.24) is 0 Å². The van der Waals surface area contributed by atoms with Crippen molar-refractivity contribution in [2.75, 3.05) is 0 Å². The second kappa shape index (κ2) is 29.7. The molecule has 0 aromatic rings. The van der Waals surface area contributed by atoms with Crippen molar-refractivity contribution in [3.05, 3.63) is 0 Å². The van der Waals surface area contributed by atoms with E-state index in [1.165, 1.54) is 0 Å². The summed E-state index contributed by atoms with van der Waals surface area (Å²) in [6.07, 6.45) is 0. The molecular formula is CeCoCuMnO. The molecule has 0 unspecified atom stereocenters. The summed E-state index contributed by atoms with van der Waals surface area (Å²) in [4.78, 5) is 0. The number of rotatable bonds is 0. The van der Waals surface area contributed by atoms with Crippen molar-refractivity contribution >= 4 is 0 Å². The average Bonchev–Trinajstić information content (AvgIpc) is 1.00. The van der Waals surface area contributed by atoms with Crippen molar-refractivity contribution < 1.29 is 91.6 Å². The van der Waals surface area contributed by atoms with Crippen LogP contribution in [0.1, 0.15) is 0 Å². The standard InChI is InChI=1S/Ce.Co.Cu.Mn.O. The third-order valence-corrected chi connectivity index (χ3v) is 0. The van der Waals surface area contributed by atoms with Crippen LogP contribution < -0.4 is 0 Å². The van der Waals surface area contributed by atoms with Gasteiger partial charge in [0.05, 0.1) is 0 Å². The molecule has 0 N–H and O–H groups in total. The van der Waals surface area contributed by atoms with Crippen molar-refractivity contribution in [1.29, 1.82) is 0 Å². The topological polar surface area (TPSA) is 17.1 Å². The fraction of sp³-hybridized carbons (Fsp3) is 0. The van der Waals surface area contributed by atoms with E-state index in [0.717, 1.165) is 0 Å². The second-order valence-corrected chi connectivity index (χ2v) is 0. The molecule has 0 amide bonds. The zero-order valence-electron chi connectivity index (χ0n) is 1.92. The van der Waals surface area contributed by atoms with Gasteiger partial charge in [-0.3, -0.25) is 0 Å². The molecule has 5 heavy (non-hydrogen) atoms. The molecule has 1 nitrogen and oxygen atoms in total. The van der Waals surface area contributed by atoms with Crippen LogP contribution in [0.15, 0.2) is 0 Å². The molecule has 0 atom stereocenters. The molecule has 0 bridgehead atoms. The first-order valence-corrected chi connectivity index (χ1v) is 1.49. The van der Waals surface area contributed by atoms with E-state index in [2.05, 4.69) is 0 Å². The van der Waals surface area contributed by atoms with Gasteiger partial charge < -0.3 is 0 Å². The van der Waals surface area contributed by atoms with E-state index in [1.54, 1.807) is 0 Å². The number of hydrogen-bond acceptors (Lipinski definition) is 1. The molecule has 0 aliphatic rings. The summed E-state index contributed by atoms with van der Waals surface area (Å²) in [6.45, 7) is 0. The fourth-order valence-electron chi connectivity index (χ4n) is 0. The molecule has 0 aliphatic carbocycles. The Morgan fingerprint density at radius 3 is 1.20 bits per heavy atom. The van der Waals surface area contributed by atoms with Gasteiger partial charge >= 0.3 is 40.7 Å². The molecule has 37 valence electrons. The van der Waals surface area contributed by atoms with Crippen LogP contribution in [-0.2, 0) is 51.9 Å². The van der Waals surface area contributed by atoms with E-state index in [4.69, 9.17) is 0.938 Å². The maximum absolute atomic E-state index is 8.39. The minimum atomic E-state index is 0. The Balaban J connectivity index is -0.00000000167. The van der Waals surface area contributed by atoms with Crippen LogP contribution in [0.3, 0.4) is 0 Å². The Hall–Kier alpha value is 2.72. The van der Waals surface area contributed by atoms with Crippen LogP contribution >= 0.6 is 0 Å². The molecule has 0 saturated carbocycles. The van der Waals surface area contributed by atoms with Crippen LogP contribution in [0.4, 0.5) is 0 Å². The molecule has 0 saturated heterocycles. The van der Waals surface area contributed by atoms with Gasteiger partial charge in [0.25, 0.3) is 0 Å². The molecule has 0 spiro atoms. The Morgan fingerprint density at radius 2 is 1.20 bits per heavy atom. The molecule has 0 heterocycles. The molecule has 0 aliphatic heterocycles. The van der Waals surface area contributed by atoms with Gasteiger partial charge in [-0.2, -0.15) is 0 Å². The van der Waals surface area contributed by atoms with Gasteiger partial charge in [-0.05, 0) is 0 Å². The van der Waals surface area contributed by atoms with Gasteiger partial charge in [-0.25, -0.2) is 0 Å². The third kappa shape index (κ3) is 20.2. The first kappa shape index (κ1) is 25.2. The van der Waals surface area contributed by atoms with Gasteiger partial charge in [-0.15, -0.1) is 0 Å². The Bertz CT molecular complexity index is 11.6. The second-order valence-electron chi connectivity index (χ2n) is 0. The van der Waals surface area contributed by atoms with E-state index in [9.17, 15) is 0 Å². The van der Waals surface area contributed by atoms with Crippen molar-refractivity contribution in [2.45, 2.75) is 0 Å². The predicted molar refractivity (Wildman–Crippen MR) is 0.686 cm³/mol. The summed E-state index contributed by atoms with van der Waals surface area (Å²) < 4.78 is 8.39. The molecule has 0 aromatic heterocycles. The third-order valence-electron chi connectivity index (χ3n) is 0. The predicted octanol–water partition coefficient (Wildman–Crippen LogP) is -0.126.